The first-order valence-corrected chi connectivity index (χ1v) is 11.2. The van der Waals surface area contributed by atoms with Gasteiger partial charge in [0.05, 0.1) is 17.9 Å². The van der Waals surface area contributed by atoms with E-state index in [1.54, 1.807) is 18.3 Å². The Kier molecular flexibility index (Phi) is 6.12. The lowest BCUT2D eigenvalue weighted by atomic mass is 10.2. The van der Waals surface area contributed by atoms with Gasteiger partial charge in [-0.1, -0.05) is 17.3 Å². The number of oxime groups is 1. The number of para-hydroxylation sites is 2. The first-order chi connectivity index (χ1) is 16.2. The van der Waals surface area contributed by atoms with E-state index in [2.05, 4.69) is 38.4 Å². The van der Waals surface area contributed by atoms with Crippen LogP contribution in [0.3, 0.4) is 0 Å². The average molecular weight is 449 g/mol. The van der Waals surface area contributed by atoms with Gasteiger partial charge in [0.1, 0.15) is 18.0 Å². The van der Waals surface area contributed by atoms with Crippen molar-refractivity contribution < 1.29 is 14.4 Å². The Balaban J connectivity index is 1.10. The van der Waals surface area contributed by atoms with Gasteiger partial charge in [0.2, 0.25) is 0 Å². The zero-order valence-corrected chi connectivity index (χ0v) is 18.7. The van der Waals surface area contributed by atoms with Crippen LogP contribution < -0.4 is 15.0 Å². The normalized spacial score (nSPS) is 18.8. The van der Waals surface area contributed by atoms with Crippen LogP contribution >= 0.6 is 0 Å². The van der Waals surface area contributed by atoms with Crippen molar-refractivity contribution in [2.24, 2.45) is 5.16 Å². The maximum absolute atomic E-state index is 12.5. The summed E-state index contributed by atoms with van der Waals surface area (Å²) in [4.78, 5) is 27.0. The van der Waals surface area contributed by atoms with Gasteiger partial charge in [-0.15, -0.1) is 0 Å². The summed E-state index contributed by atoms with van der Waals surface area (Å²) in [6.45, 7) is 4.79. The molecule has 1 saturated heterocycles. The molecule has 1 unspecified atom stereocenters. The number of anilines is 1. The van der Waals surface area contributed by atoms with Gasteiger partial charge in [0, 0.05) is 56.8 Å². The number of benzene rings is 1. The van der Waals surface area contributed by atoms with Crippen LogP contribution in [0.5, 0.6) is 5.75 Å². The summed E-state index contributed by atoms with van der Waals surface area (Å²) in [5, 5.41) is 7.06. The number of likely N-dealkylation sites (N-methyl/N-ethyl adjacent to an activating group) is 1. The summed E-state index contributed by atoms with van der Waals surface area (Å²) in [6, 6.07) is 11.7. The Bertz CT molecular complexity index is 1150. The zero-order chi connectivity index (χ0) is 22.6. The number of hydrogen-bond acceptors (Lipinski definition) is 7. The lowest BCUT2D eigenvalue weighted by Gasteiger charge is -2.34. The second-order valence-electron chi connectivity index (χ2n) is 8.45. The van der Waals surface area contributed by atoms with E-state index < -0.39 is 0 Å². The van der Waals surface area contributed by atoms with Crippen molar-refractivity contribution >= 4 is 23.0 Å². The number of aromatic nitrogens is 2. The second kappa shape index (κ2) is 9.50. The molecule has 0 aliphatic carbocycles. The molecule has 5 rings (SSSR count). The minimum absolute atomic E-state index is 0.163. The van der Waals surface area contributed by atoms with E-state index in [1.165, 1.54) is 0 Å². The van der Waals surface area contributed by atoms with E-state index in [-0.39, 0.29) is 12.0 Å². The van der Waals surface area contributed by atoms with Gasteiger partial charge in [-0.2, -0.15) is 0 Å². The third kappa shape index (κ3) is 4.93. The molecule has 4 heterocycles. The molecule has 1 amide bonds. The smallest absolute Gasteiger partial charge is 0.251 e. The molecular weight excluding hydrogens is 420 g/mol. The number of ether oxygens (including phenoxy) is 1. The standard InChI is InChI=1S/C24H28N6O3/c1-28-10-12-29(13-11-28)21-4-2-3-5-22(21)32-17-20-15-19(27-33-20)16-26-24(31)18-6-8-30-9-7-25-23(30)14-18/h2-9,14,20H,10-13,15-17H2,1H3,(H,26,31). The molecule has 33 heavy (non-hydrogen) atoms. The Labute approximate surface area is 192 Å². The van der Waals surface area contributed by atoms with Crippen molar-refractivity contribution in [3.8, 4) is 5.75 Å². The zero-order valence-electron chi connectivity index (χ0n) is 18.7. The summed E-state index contributed by atoms with van der Waals surface area (Å²) in [5.74, 6) is 0.700. The number of nitrogens with zero attached hydrogens (tertiary/aromatic N) is 5. The van der Waals surface area contributed by atoms with E-state index >= 15 is 0 Å². The van der Waals surface area contributed by atoms with Crippen LogP contribution in [-0.4, -0.2) is 78.4 Å². The number of carbonyl (C=O) groups excluding carboxylic acids is 1. The maximum atomic E-state index is 12.5. The van der Waals surface area contributed by atoms with Crippen LogP contribution in [0.25, 0.3) is 5.65 Å². The van der Waals surface area contributed by atoms with Crippen molar-refractivity contribution in [3.63, 3.8) is 0 Å². The fourth-order valence-electron chi connectivity index (χ4n) is 4.09. The summed E-state index contributed by atoms with van der Waals surface area (Å²) in [7, 11) is 2.15. The molecule has 1 atom stereocenters. The highest BCUT2D eigenvalue weighted by Gasteiger charge is 2.24. The van der Waals surface area contributed by atoms with E-state index in [9.17, 15) is 4.79 Å². The van der Waals surface area contributed by atoms with E-state index in [1.807, 2.05) is 35.0 Å². The van der Waals surface area contributed by atoms with Crippen molar-refractivity contribution in [2.75, 3.05) is 51.3 Å². The maximum Gasteiger partial charge on any atom is 0.251 e. The topological polar surface area (TPSA) is 83.7 Å². The van der Waals surface area contributed by atoms with Gasteiger partial charge in [0.15, 0.2) is 6.10 Å². The number of carbonyl (C=O) groups is 1. The Morgan fingerprint density at radius 3 is 2.91 bits per heavy atom. The molecule has 1 fully saturated rings. The van der Waals surface area contributed by atoms with Gasteiger partial charge in [-0.25, -0.2) is 4.98 Å². The van der Waals surface area contributed by atoms with Gasteiger partial charge >= 0.3 is 0 Å². The van der Waals surface area contributed by atoms with Gasteiger partial charge in [0.25, 0.3) is 5.91 Å². The lowest BCUT2D eigenvalue weighted by Crippen LogP contribution is -2.44. The number of pyridine rings is 1. The highest BCUT2D eigenvalue weighted by Crippen LogP contribution is 2.29. The van der Waals surface area contributed by atoms with Crippen LogP contribution in [-0.2, 0) is 4.84 Å². The molecule has 2 aliphatic heterocycles. The average Bonchev–Trinajstić information content (AvgIpc) is 3.51. The molecule has 9 heteroatoms. The highest BCUT2D eigenvalue weighted by molar-refractivity contribution is 5.98. The van der Waals surface area contributed by atoms with Crippen molar-refractivity contribution in [3.05, 3.63) is 60.6 Å². The third-order valence-electron chi connectivity index (χ3n) is 6.04. The third-order valence-corrected chi connectivity index (χ3v) is 6.04. The minimum Gasteiger partial charge on any atom is -0.487 e. The fourth-order valence-corrected chi connectivity index (χ4v) is 4.09. The first kappa shape index (κ1) is 21.3. The van der Waals surface area contributed by atoms with Crippen LogP contribution in [0.2, 0.25) is 0 Å². The quantitative estimate of drug-likeness (QED) is 0.596. The molecule has 1 N–H and O–H groups in total. The fraction of sp³-hybridized carbons (Fsp3) is 0.375. The molecular formula is C24H28N6O3. The number of amides is 1. The number of piperazine rings is 1. The predicted molar refractivity (Wildman–Crippen MR) is 126 cm³/mol. The van der Waals surface area contributed by atoms with Gasteiger partial charge < -0.3 is 29.1 Å². The molecule has 172 valence electrons. The van der Waals surface area contributed by atoms with E-state index in [0.717, 1.165) is 49.0 Å². The van der Waals surface area contributed by atoms with Crippen LogP contribution in [0.1, 0.15) is 16.8 Å². The second-order valence-corrected chi connectivity index (χ2v) is 8.45. The summed E-state index contributed by atoms with van der Waals surface area (Å²) < 4.78 is 7.99. The van der Waals surface area contributed by atoms with Crippen molar-refractivity contribution in [1.29, 1.82) is 0 Å². The molecule has 2 aliphatic rings. The lowest BCUT2D eigenvalue weighted by molar-refractivity contribution is 0.0472. The van der Waals surface area contributed by atoms with Crippen molar-refractivity contribution in [2.45, 2.75) is 12.5 Å². The molecule has 1 aromatic carbocycles. The van der Waals surface area contributed by atoms with Crippen molar-refractivity contribution in [1.82, 2.24) is 19.6 Å². The van der Waals surface area contributed by atoms with Crippen LogP contribution in [0, 0.1) is 0 Å². The van der Waals surface area contributed by atoms with Crippen LogP contribution in [0.4, 0.5) is 5.69 Å². The van der Waals surface area contributed by atoms with Gasteiger partial charge in [-0.3, -0.25) is 4.79 Å². The van der Waals surface area contributed by atoms with E-state index in [0.29, 0.717) is 25.1 Å². The Morgan fingerprint density at radius 1 is 1.18 bits per heavy atom. The molecule has 9 nitrogen and oxygen atoms in total. The first-order valence-electron chi connectivity index (χ1n) is 11.2. The number of hydrogen-bond donors (Lipinski definition) is 1. The van der Waals surface area contributed by atoms with E-state index in [4.69, 9.17) is 9.57 Å². The largest absolute Gasteiger partial charge is 0.487 e. The monoisotopic (exact) mass is 448 g/mol. The number of imidazole rings is 1. The minimum atomic E-state index is -0.168. The Morgan fingerprint density at radius 2 is 2.03 bits per heavy atom. The van der Waals surface area contributed by atoms with Gasteiger partial charge in [-0.05, 0) is 31.3 Å². The summed E-state index contributed by atoms with van der Waals surface area (Å²) >= 11 is 0. The molecule has 3 aromatic rings. The molecule has 2 aromatic heterocycles. The molecule has 0 bridgehead atoms. The number of nitrogens with one attached hydrogen (secondary N) is 1. The SMILES string of the molecule is CN1CCN(c2ccccc2OCC2CC(CNC(=O)c3ccn4ccnc4c3)=NO2)CC1. The van der Waals surface area contributed by atoms with Crippen LogP contribution in [0.15, 0.2) is 60.1 Å². The molecule has 0 spiro atoms. The molecule has 0 radical (unpaired) electrons. The summed E-state index contributed by atoms with van der Waals surface area (Å²) in [5.41, 5.74) is 3.21. The number of rotatable bonds is 7. The highest BCUT2D eigenvalue weighted by atomic mass is 16.7. The summed E-state index contributed by atoms with van der Waals surface area (Å²) in [6.07, 6.45) is 5.82. The Hall–Kier alpha value is -3.59. The molecule has 0 saturated carbocycles. The number of fused-ring (bicyclic) bond motifs is 1. The predicted octanol–water partition coefficient (Wildman–Crippen LogP) is 2.04.